The van der Waals surface area contributed by atoms with Crippen LogP contribution < -0.4 is 0 Å². The van der Waals surface area contributed by atoms with Crippen molar-refractivity contribution in [3.8, 4) is 0 Å². The summed E-state index contributed by atoms with van der Waals surface area (Å²) < 4.78 is 4.17. The fourth-order valence-electron chi connectivity index (χ4n) is 2.80. The molecule has 0 aliphatic rings. The van der Waals surface area contributed by atoms with Gasteiger partial charge in [0.25, 0.3) is 0 Å². The Morgan fingerprint density at radius 2 is 1.95 bits per heavy atom. The van der Waals surface area contributed by atoms with E-state index in [0.717, 1.165) is 29.8 Å². The van der Waals surface area contributed by atoms with Crippen LogP contribution in [0.3, 0.4) is 0 Å². The summed E-state index contributed by atoms with van der Waals surface area (Å²) in [6.45, 7) is 2.02. The number of rotatable bonds is 3. The largest absolute Gasteiger partial charge is 0.307 e. The zero-order valence-electron chi connectivity index (χ0n) is 11.9. The number of aromatic nitrogens is 4. The van der Waals surface area contributed by atoms with Crippen LogP contribution in [0.2, 0.25) is 0 Å². The normalized spacial score (nSPS) is 11.5. The van der Waals surface area contributed by atoms with E-state index in [4.69, 9.17) is 0 Å². The third-order valence-corrected chi connectivity index (χ3v) is 3.82. The SMILES string of the molecule is Cc1cn2cc(CCc3cccn4ccnc34)ccc2n1. The summed E-state index contributed by atoms with van der Waals surface area (Å²) in [6.07, 6.45) is 12.1. The summed E-state index contributed by atoms with van der Waals surface area (Å²) in [5.41, 5.74) is 5.70. The maximum absolute atomic E-state index is 4.46. The molecule has 0 aromatic carbocycles. The first-order valence-electron chi connectivity index (χ1n) is 7.14. The maximum Gasteiger partial charge on any atom is 0.139 e. The first-order chi connectivity index (χ1) is 10.3. The van der Waals surface area contributed by atoms with Crippen LogP contribution in [0.5, 0.6) is 0 Å². The van der Waals surface area contributed by atoms with E-state index in [9.17, 15) is 0 Å². The van der Waals surface area contributed by atoms with Gasteiger partial charge in [0.15, 0.2) is 0 Å². The number of hydrogen-bond acceptors (Lipinski definition) is 2. The first kappa shape index (κ1) is 12.1. The van der Waals surface area contributed by atoms with Crippen molar-refractivity contribution >= 4 is 11.3 Å². The molecule has 0 amide bonds. The van der Waals surface area contributed by atoms with Crippen LogP contribution in [0, 0.1) is 6.92 Å². The summed E-state index contributed by atoms with van der Waals surface area (Å²) >= 11 is 0. The van der Waals surface area contributed by atoms with Crippen molar-refractivity contribution < 1.29 is 0 Å². The van der Waals surface area contributed by atoms with Gasteiger partial charge in [-0.25, -0.2) is 9.97 Å². The second-order valence-electron chi connectivity index (χ2n) is 5.38. The third-order valence-electron chi connectivity index (χ3n) is 3.82. The molecule has 4 heteroatoms. The van der Waals surface area contributed by atoms with Crippen LogP contribution in [0.1, 0.15) is 16.8 Å². The van der Waals surface area contributed by atoms with Crippen LogP contribution in [-0.4, -0.2) is 18.8 Å². The minimum absolute atomic E-state index is 0.987. The Kier molecular flexibility index (Phi) is 2.74. The molecule has 4 rings (SSSR count). The molecule has 4 aromatic heterocycles. The minimum Gasteiger partial charge on any atom is -0.307 e. The predicted octanol–water partition coefficient (Wildman–Crippen LogP) is 3.08. The van der Waals surface area contributed by atoms with Gasteiger partial charge in [-0.3, -0.25) is 0 Å². The number of fused-ring (bicyclic) bond motifs is 2. The van der Waals surface area contributed by atoms with E-state index in [0.29, 0.717) is 0 Å². The van der Waals surface area contributed by atoms with E-state index in [1.807, 2.05) is 25.5 Å². The Labute approximate surface area is 122 Å². The molecule has 0 radical (unpaired) electrons. The maximum atomic E-state index is 4.46. The lowest BCUT2D eigenvalue weighted by Crippen LogP contribution is -1.97. The lowest BCUT2D eigenvalue weighted by Gasteiger charge is -2.05. The van der Waals surface area contributed by atoms with E-state index in [-0.39, 0.29) is 0 Å². The van der Waals surface area contributed by atoms with Crippen LogP contribution >= 0.6 is 0 Å². The highest BCUT2D eigenvalue weighted by molar-refractivity contribution is 5.48. The molecule has 0 unspecified atom stereocenters. The Morgan fingerprint density at radius 1 is 1.00 bits per heavy atom. The summed E-state index contributed by atoms with van der Waals surface area (Å²) in [7, 11) is 0. The second-order valence-corrected chi connectivity index (χ2v) is 5.38. The molecule has 4 nitrogen and oxygen atoms in total. The van der Waals surface area contributed by atoms with Gasteiger partial charge >= 0.3 is 0 Å². The van der Waals surface area contributed by atoms with Gasteiger partial charge in [-0.2, -0.15) is 0 Å². The number of aryl methyl sites for hydroxylation is 3. The first-order valence-corrected chi connectivity index (χ1v) is 7.14. The van der Waals surface area contributed by atoms with Crippen LogP contribution in [0.25, 0.3) is 11.3 Å². The van der Waals surface area contributed by atoms with Crippen molar-refractivity contribution in [3.05, 3.63) is 72.1 Å². The molecular weight excluding hydrogens is 260 g/mol. The standard InChI is InChI=1S/C17H16N4/c1-13-11-21-12-14(5-7-16(21)19-13)4-6-15-3-2-9-20-10-8-18-17(15)20/h2-3,5,7-12H,4,6H2,1H3. The third kappa shape index (κ3) is 2.18. The molecule has 0 saturated carbocycles. The average Bonchev–Trinajstić information content (AvgIpc) is 3.09. The van der Waals surface area contributed by atoms with Crippen molar-refractivity contribution in [3.63, 3.8) is 0 Å². The van der Waals surface area contributed by atoms with E-state index in [1.165, 1.54) is 11.1 Å². The lowest BCUT2D eigenvalue weighted by molar-refractivity contribution is 0.936. The van der Waals surface area contributed by atoms with Crippen LogP contribution in [0.4, 0.5) is 0 Å². The molecule has 21 heavy (non-hydrogen) atoms. The molecule has 0 saturated heterocycles. The van der Waals surface area contributed by atoms with Crippen LogP contribution in [-0.2, 0) is 12.8 Å². The molecule has 0 fully saturated rings. The molecule has 0 aliphatic heterocycles. The van der Waals surface area contributed by atoms with Gasteiger partial charge < -0.3 is 8.80 Å². The highest BCUT2D eigenvalue weighted by Gasteiger charge is 2.04. The molecule has 0 spiro atoms. The van der Waals surface area contributed by atoms with Crippen molar-refractivity contribution in [2.24, 2.45) is 0 Å². The Bertz CT molecular complexity index is 917. The Morgan fingerprint density at radius 3 is 2.90 bits per heavy atom. The van der Waals surface area contributed by atoms with E-state index < -0.39 is 0 Å². The lowest BCUT2D eigenvalue weighted by atomic mass is 10.1. The molecule has 0 N–H and O–H groups in total. The predicted molar refractivity (Wildman–Crippen MR) is 82.5 cm³/mol. The monoisotopic (exact) mass is 276 g/mol. The van der Waals surface area contributed by atoms with Gasteiger partial charge in [0, 0.05) is 31.0 Å². The molecule has 4 heterocycles. The molecule has 0 atom stereocenters. The second kappa shape index (κ2) is 4.74. The summed E-state index contributed by atoms with van der Waals surface area (Å²) in [6, 6.07) is 8.47. The average molecular weight is 276 g/mol. The van der Waals surface area contributed by atoms with Gasteiger partial charge in [0.1, 0.15) is 11.3 Å². The van der Waals surface area contributed by atoms with Crippen molar-refractivity contribution in [1.29, 1.82) is 0 Å². The molecule has 0 bridgehead atoms. The van der Waals surface area contributed by atoms with Crippen molar-refractivity contribution in [2.45, 2.75) is 19.8 Å². The van der Waals surface area contributed by atoms with Crippen LogP contribution in [0.15, 0.2) is 55.2 Å². The van der Waals surface area contributed by atoms with E-state index in [1.54, 1.807) is 0 Å². The van der Waals surface area contributed by atoms with Gasteiger partial charge in [-0.1, -0.05) is 12.1 Å². The Balaban J connectivity index is 1.61. The summed E-state index contributed by atoms with van der Waals surface area (Å²) in [5, 5.41) is 0. The van der Waals surface area contributed by atoms with Gasteiger partial charge in [0.05, 0.1) is 5.69 Å². The summed E-state index contributed by atoms with van der Waals surface area (Å²) in [4.78, 5) is 8.89. The van der Waals surface area contributed by atoms with Crippen molar-refractivity contribution in [1.82, 2.24) is 18.8 Å². The number of pyridine rings is 2. The quantitative estimate of drug-likeness (QED) is 0.576. The van der Waals surface area contributed by atoms with E-state index in [2.05, 4.69) is 55.4 Å². The zero-order valence-corrected chi connectivity index (χ0v) is 11.9. The van der Waals surface area contributed by atoms with Gasteiger partial charge in [-0.05, 0) is 43.0 Å². The van der Waals surface area contributed by atoms with E-state index >= 15 is 0 Å². The highest BCUT2D eigenvalue weighted by atomic mass is 15.0. The fraction of sp³-hybridized carbons (Fsp3) is 0.176. The molecule has 0 aliphatic carbocycles. The summed E-state index contributed by atoms with van der Waals surface area (Å²) in [5.74, 6) is 0. The minimum atomic E-state index is 0.987. The fourth-order valence-corrected chi connectivity index (χ4v) is 2.80. The number of imidazole rings is 2. The molecule has 4 aromatic rings. The number of nitrogens with zero attached hydrogens (tertiary/aromatic N) is 4. The van der Waals surface area contributed by atoms with Crippen molar-refractivity contribution in [2.75, 3.05) is 0 Å². The smallest absolute Gasteiger partial charge is 0.139 e. The molecule has 104 valence electrons. The Hall–Kier alpha value is -2.62. The number of hydrogen-bond donors (Lipinski definition) is 0. The highest BCUT2D eigenvalue weighted by Crippen LogP contribution is 2.14. The zero-order chi connectivity index (χ0) is 14.2. The molecular formula is C17H16N4. The van der Waals surface area contributed by atoms with Gasteiger partial charge in [0.2, 0.25) is 0 Å². The topological polar surface area (TPSA) is 34.6 Å². The van der Waals surface area contributed by atoms with Gasteiger partial charge in [-0.15, -0.1) is 0 Å².